The molecule has 0 aromatic heterocycles. The predicted octanol–water partition coefficient (Wildman–Crippen LogP) is 2.75. The van der Waals surface area contributed by atoms with Crippen LogP contribution in [0.3, 0.4) is 0 Å². The smallest absolute Gasteiger partial charge is 0.303 e. The van der Waals surface area contributed by atoms with Gasteiger partial charge in [0.2, 0.25) is 0 Å². The number of hydrogen-bond acceptors (Lipinski definition) is 2. The van der Waals surface area contributed by atoms with E-state index < -0.39 is 5.97 Å². The van der Waals surface area contributed by atoms with Crippen molar-refractivity contribution in [2.45, 2.75) is 19.8 Å². The van der Waals surface area contributed by atoms with Crippen LogP contribution in [0.5, 0.6) is 5.75 Å². The number of carbonyl (C=O) groups is 1. The highest BCUT2D eigenvalue weighted by atomic mass is 16.5. The van der Waals surface area contributed by atoms with Gasteiger partial charge >= 0.3 is 5.97 Å². The quantitative estimate of drug-likeness (QED) is 0.829. The molecule has 0 saturated heterocycles. The lowest BCUT2D eigenvalue weighted by Crippen LogP contribution is -1.98. The Labute approximate surface area is 95.4 Å². The van der Waals surface area contributed by atoms with Gasteiger partial charge in [0.15, 0.2) is 0 Å². The number of aryl methyl sites for hydroxylation is 1. The van der Waals surface area contributed by atoms with Gasteiger partial charge < -0.3 is 9.84 Å². The highest BCUT2D eigenvalue weighted by molar-refractivity contribution is 5.69. The monoisotopic (exact) mass is 220 g/mol. The van der Waals surface area contributed by atoms with Crippen LogP contribution < -0.4 is 4.74 Å². The van der Waals surface area contributed by atoms with Crippen molar-refractivity contribution in [3.63, 3.8) is 0 Å². The summed E-state index contributed by atoms with van der Waals surface area (Å²) in [6, 6.07) is 5.67. The number of benzene rings is 1. The van der Waals surface area contributed by atoms with Crippen LogP contribution in [0.25, 0.3) is 5.57 Å². The third-order valence-electron chi connectivity index (χ3n) is 2.35. The Bertz CT molecular complexity index is 408. The number of carboxylic acids is 1. The van der Waals surface area contributed by atoms with Crippen molar-refractivity contribution in [3.8, 4) is 5.75 Å². The van der Waals surface area contributed by atoms with Gasteiger partial charge in [-0.3, -0.25) is 4.79 Å². The molecule has 0 heterocycles. The summed E-state index contributed by atoms with van der Waals surface area (Å²) in [5.41, 5.74) is 2.83. The van der Waals surface area contributed by atoms with Crippen molar-refractivity contribution in [2.75, 3.05) is 7.11 Å². The zero-order chi connectivity index (χ0) is 12.1. The molecule has 1 rings (SSSR count). The predicted molar refractivity (Wildman–Crippen MR) is 63.7 cm³/mol. The second-order valence-electron chi connectivity index (χ2n) is 3.71. The molecule has 0 aliphatic carbocycles. The summed E-state index contributed by atoms with van der Waals surface area (Å²) in [4.78, 5) is 10.5. The molecule has 0 radical (unpaired) electrons. The summed E-state index contributed by atoms with van der Waals surface area (Å²) in [5.74, 6) is -0.0146. The maximum Gasteiger partial charge on any atom is 0.303 e. The van der Waals surface area contributed by atoms with E-state index in [0.29, 0.717) is 6.42 Å². The van der Waals surface area contributed by atoms with Crippen LogP contribution in [0.2, 0.25) is 0 Å². The van der Waals surface area contributed by atoms with Gasteiger partial charge in [-0.15, -0.1) is 0 Å². The minimum atomic E-state index is -0.785. The molecule has 1 N–H and O–H groups in total. The molecule has 3 nitrogen and oxygen atoms in total. The minimum Gasteiger partial charge on any atom is -0.496 e. The van der Waals surface area contributed by atoms with E-state index in [9.17, 15) is 4.79 Å². The van der Waals surface area contributed by atoms with Gasteiger partial charge in [0.25, 0.3) is 0 Å². The summed E-state index contributed by atoms with van der Waals surface area (Å²) in [5, 5.41) is 8.61. The van der Waals surface area contributed by atoms with Crippen molar-refractivity contribution in [3.05, 3.63) is 35.9 Å². The van der Waals surface area contributed by atoms with E-state index in [1.54, 1.807) is 7.11 Å². The van der Waals surface area contributed by atoms with E-state index >= 15 is 0 Å². The van der Waals surface area contributed by atoms with Gasteiger partial charge in [-0.05, 0) is 36.6 Å². The fraction of sp³-hybridized carbons (Fsp3) is 0.308. The van der Waals surface area contributed by atoms with Crippen LogP contribution >= 0.6 is 0 Å². The van der Waals surface area contributed by atoms with Gasteiger partial charge in [-0.25, -0.2) is 0 Å². The summed E-state index contributed by atoms with van der Waals surface area (Å²) >= 11 is 0. The molecule has 1 aromatic carbocycles. The average molecular weight is 220 g/mol. The lowest BCUT2D eigenvalue weighted by atomic mass is 10.0. The molecule has 0 atom stereocenters. The average Bonchev–Trinajstić information content (AvgIpc) is 2.25. The first-order chi connectivity index (χ1) is 7.54. The first-order valence-electron chi connectivity index (χ1n) is 5.09. The number of aliphatic carboxylic acids is 1. The van der Waals surface area contributed by atoms with Crippen LogP contribution in [0.4, 0.5) is 0 Å². The van der Waals surface area contributed by atoms with Crippen molar-refractivity contribution < 1.29 is 14.6 Å². The third-order valence-corrected chi connectivity index (χ3v) is 2.35. The molecule has 16 heavy (non-hydrogen) atoms. The van der Waals surface area contributed by atoms with Gasteiger partial charge in [-0.1, -0.05) is 12.6 Å². The minimum absolute atomic E-state index is 0.141. The van der Waals surface area contributed by atoms with Gasteiger partial charge in [-0.2, -0.15) is 0 Å². The maximum absolute atomic E-state index is 10.5. The molecule has 0 aliphatic heterocycles. The summed E-state index contributed by atoms with van der Waals surface area (Å²) in [6.45, 7) is 5.78. The Balaban J connectivity index is 2.93. The topological polar surface area (TPSA) is 46.5 Å². The Hall–Kier alpha value is -1.77. The maximum atomic E-state index is 10.5. The fourth-order valence-corrected chi connectivity index (χ4v) is 1.50. The van der Waals surface area contributed by atoms with Crippen LogP contribution in [0.15, 0.2) is 24.8 Å². The van der Waals surface area contributed by atoms with Crippen molar-refractivity contribution in [1.29, 1.82) is 0 Å². The number of hydrogen-bond donors (Lipinski definition) is 1. The highest BCUT2D eigenvalue weighted by Gasteiger charge is 2.06. The van der Waals surface area contributed by atoms with Crippen LogP contribution in [0.1, 0.15) is 24.5 Å². The number of allylic oxidation sites excluding steroid dienone is 1. The molecule has 3 heteroatoms. The molecule has 1 aromatic rings. The molecular weight excluding hydrogens is 204 g/mol. The number of rotatable bonds is 5. The molecule has 0 spiro atoms. The fourth-order valence-electron chi connectivity index (χ4n) is 1.50. The molecule has 0 aliphatic rings. The normalized spacial score (nSPS) is 9.88. The zero-order valence-corrected chi connectivity index (χ0v) is 9.62. The van der Waals surface area contributed by atoms with E-state index in [0.717, 1.165) is 22.4 Å². The molecule has 0 bridgehead atoms. The number of carboxylic acid groups (broad SMARTS) is 1. The standard InChI is InChI=1S/C13H16O3/c1-9(2)11-8-10(5-7-13(14)15)4-6-12(11)16-3/h4,6,8H,1,5,7H2,2-3H3,(H,14,15). The largest absolute Gasteiger partial charge is 0.496 e. The molecule has 0 unspecified atom stereocenters. The van der Waals surface area contributed by atoms with Gasteiger partial charge in [0.05, 0.1) is 7.11 Å². The Morgan fingerprint density at radius 2 is 2.19 bits per heavy atom. The van der Waals surface area contributed by atoms with Crippen molar-refractivity contribution >= 4 is 11.5 Å². The van der Waals surface area contributed by atoms with E-state index in [1.165, 1.54) is 0 Å². The van der Waals surface area contributed by atoms with E-state index in [-0.39, 0.29) is 6.42 Å². The van der Waals surface area contributed by atoms with Crippen molar-refractivity contribution in [2.24, 2.45) is 0 Å². The van der Waals surface area contributed by atoms with Crippen LogP contribution in [-0.4, -0.2) is 18.2 Å². The molecular formula is C13H16O3. The Morgan fingerprint density at radius 1 is 1.50 bits per heavy atom. The van der Waals surface area contributed by atoms with Gasteiger partial charge in [0.1, 0.15) is 5.75 Å². The third kappa shape index (κ3) is 3.12. The van der Waals surface area contributed by atoms with Crippen molar-refractivity contribution in [1.82, 2.24) is 0 Å². The second kappa shape index (κ2) is 5.35. The molecule has 0 amide bonds. The summed E-state index contributed by atoms with van der Waals surface area (Å²) in [6.07, 6.45) is 0.668. The first-order valence-corrected chi connectivity index (χ1v) is 5.09. The zero-order valence-electron chi connectivity index (χ0n) is 9.62. The first kappa shape index (κ1) is 12.3. The lowest BCUT2D eigenvalue weighted by molar-refractivity contribution is -0.136. The molecule has 0 fully saturated rings. The lowest BCUT2D eigenvalue weighted by Gasteiger charge is -2.10. The Kier molecular flexibility index (Phi) is 4.11. The number of methoxy groups -OCH3 is 1. The molecule has 86 valence electrons. The van der Waals surface area contributed by atoms with Crippen LogP contribution in [0, 0.1) is 0 Å². The SMILES string of the molecule is C=C(C)c1cc(CCC(=O)O)ccc1OC. The Morgan fingerprint density at radius 3 is 2.69 bits per heavy atom. The van der Waals surface area contributed by atoms with E-state index in [2.05, 4.69) is 6.58 Å². The highest BCUT2D eigenvalue weighted by Crippen LogP contribution is 2.26. The van der Waals surface area contributed by atoms with Crippen LogP contribution in [-0.2, 0) is 11.2 Å². The van der Waals surface area contributed by atoms with E-state index in [4.69, 9.17) is 9.84 Å². The second-order valence-corrected chi connectivity index (χ2v) is 3.71. The van der Waals surface area contributed by atoms with Gasteiger partial charge in [0, 0.05) is 12.0 Å². The molecule has 0 saturated carbocycles. The van der Waals surface area contributed by atoms with E-state index in [1.807, 2.05) is 25.1 Å². The number of ether oxygens (including phenoxy) is 1. The summed E-state index contributed by atoms with van der Waals surface area (Å²) in [7, 11) is 1.61. The summed E-state index contributed by atoms with van der Waals surface area (Å²) < 4.78 is 5.21.